The summed E-state index contributed by atoms with van der Waals surface area (Å²) in [6.45, 7) is 0.428. The summed E-state index contributed by atoms with van der Waals surface area (Å²) in [5, 5.41) is 0.997. The maximum absolute atomic E-state index is 13.8. The van der Waals surface area contributed by atoms with Gasteiger partial charge in [-0.25, -0.2) is 4.39 Å². The molecular formula is C18H15FN2O. The fraction of sp³-hybridized carbons (Fsp3) is 0.0556. The van der Waals surface area contributed by atoms with E-state index in [1.54, 1.807) is 18.2 Å². The fourth-order valence-corrected chi connectivity index (χ4v) is 2.52. The van der Waals surface area contributed by atoms with Crippen molar-refractivity contribution in [3.05, 3.63) is 77.7 Å². The molecule has 0 saturated heterocycles. The van der Waals surface area contributed by atoms with Gasteiger partial charge in [-0.15, -0.1) is 0 Å². The van der Waals surface area contributed by atoms with E-state index in [1.165, 1.54) is 12.1 Å². The Hall–Kier alpha value is -2.88. The van der Waals surface area contributed by atoms with E-state index in [0.717, 1.165) is 16.5 Å². The summed E-state index contributed by atoms with van der Waals surface area (Å²) in [4.78, 5) is 10.9. The second kappa shape index (κ2) is 5.85. The number of nitrogens with two attached hydrogens (primary N) is 1. The SMILES string of the molecule is NC(=O)/C=C/c1cn(Cc2ccccc2F)c2ccccc12. The van der Waals surface area contributed by atoms with Gasteiger partial charge in [0.1, 0.15) is 5.82 Å². The zero-order chi connectivity index (χ0) is 15.5. The number of carbonyl (C=O) groups excluding carboxylic acids is 1. The van der Waals surface area contributed by atoms with Crippen LogP contribution in [0.3, 0.4) is 0 Å². The van der Waals surface area contributed by atoms with Crippen LogP contribution in [0.1, 0.15) is 11.1 Å². The number of halogens is 1. The predicted molar refractivity (Wildman–Crippen MR) is 85.7 cm³/mol. The highest BCUT2D eigenvalue weighted by Crippen LogP contribution is 2.24. The van der Waals surface area contributed by atoms with Crippen molar-refractivity contribution >= 4 is 22.9 Å². The van der Waals surface area contributed by atoms with Crippen molar-refractivity contribution in [1.82, 2.24) is 4.57 Å². The monoisotopic (exact) mass is 294 g/mol. The lowest BCUT2D eigenvalue weighted by atomic mass is 10.1. The molecule has 0 spiro atoms. The average molecular weight is 294 g/mol. The molecule has 0 fully saturated rings. The minimum Gasteiger partial charge on any atom is -0.366 e. The molecule has 3 rings (SSSR count). The molecule has 0 bridgehead atoms. The molecule has 3 nitrogen and oxygen atoms in total. The van der Waals surface area contributed by atoms with Crippen molar-refractivity contribution in [2.75, 3.05) is 0 Å². The van der Waals surface area contributed by atoms with Crippen LogP contribution in [-0.4, -0.2) is 10.5 Å². The van der Waals surface area contributed by atoms with Crippen LogP contribution in [-0.2, 0) is 11.3 Å². The van der Waals surface area contributed by atoms with E-state index >= 15 is 0 Å². The predicted octanol–water partition coefficient (Wildman–Crippen LogP) is 3.33. The highest BCUT2D eigenvalue weighted by Gasteiger charge is 2.08. The summed E-state index contributed by atoms with van der Waals surface area (Å²) in [6.07, 6.45) is 4.91. The van der Waals surface area contributed by atoms with E-state index in [-0.39, 0.29) is 5.82 Å². The van der Waals surface area contributed by atoms with Gasteiger partial charge in [-0.3, -0.25) is 4.79 Å². The fourth-order valence-electron chi connectivity index (χ4n) is 2.52. The molecule has 1 aromatic heterocycles. The molecule has 22 heavy (non-hydrogen) atoms. The summed E-state index contributed by atoms with van der Waals surface area (Å²) >= 11 is 0. The zero-order valence-electron chi connectivity index (χ0n) is 11.9. The molecular weight excluding hydrogens is 279 g/mol. The van der Waals surface area contributed by atoms with E-state index in [2.05, 4.69) is 0 Å². The first-order valence-corrected chi connectivity index (χ1v) is 6.94. The molecule has 2 N–H and O–H groups in total. The molecule has 0 atom stereocenters. The van der Waals surface area contributed by atoms with E-state index in [4.69, 9.17) is 5.73 Å². The molecule has 1 heterocycles. The number of carbonyl (C=O) groups is 1. The third kappa shape index (κ3) is 2.76. The lowest BCUT2D eigenvalue weighted by Gasteiger charge is -2.06. The van der Waals surface area contributed by atoms with Crippen LogP contribution in [0.4, 0.5) is 4.39 Å². The first-order chi connectivity index (χ1) is 10.6. The standard InChI is InChI=1S/C18H15FN2O/c19-16-7-3-1-5-14(16)12-21-11-13(9-10-18(20)22)15-6-2-4-8-17(15)21/h1-11H,12H2,(H2,20,22)/b10-9+. The lowest BCUT2D eigenvalue weighted by Crippen LogP contribution is -2.05. The molecule has 0 aliphatic rings. The van der Waals surface area contributed by atoms with Crippen molar-refractivity contribution in [3.63, 3.8) is 0 Å². The summed E-state index contributed by atoms with van der Waals surface area (Å²) in [7, 11) is 0. The number of fused-ring (bicyclic) bond motifs is 1. The Morgan fingerprint density at radius 1 is 1.14 bits per heavy atom. The first-order valence-electron chi connectivity index (χ1n) is 6.94. The minimum absolute atomic E-state index is 0.227. The van der Waals surface area contributed by atoms with Gasteiger partial charge in [-0.05, 0) is 18.2 Å². The second-order valence-electron chi connectivity index (χ2n) is 5.06. The Kier molecular flexibility index (Phi) is 3.74. The molecule has 110 valence electrons. The lowest BCUT2D eigenvalue weighted by molar-refractivity contribution is -0.113. The number of nitrogens with zero attached hydrogens (tertiary/aromatic N) is 1. The van der Waals surface area contributed by atoms with Crippen molar-refractivity contribution in [1.29, 1.82) is 0 Å². The molecule has 0 unspecified atom stereocenters. The Labute approximate surface area is 127 Å². The van der Waals surface area contributed by atoms with Crippen molar-refractivity contribution in [3.8, 4) is 0 Å². The topological polar surface area (TPSA) is 48.0 Å². The van der Waals surface area contributed by atoms with Crippen molar-refractivity contribution < 1.29 is 9.18 Å². The Morgan fingerprint density at radius 3 is 2.64 bits per heavy atom. The number of hydrogen-bond acceptors (Lipinski definition) is 1. The summed E-state index contributed by atoms with van der Waals surface area (Å²) in [6, 6.07) is 14.5. The number of para-hydroxylation sites is 1. The average Bonchev–Trinajstić information content (AvgIpc) is 2.86. The van der Waals surface area contributed by atoms with Gasteiger partial charge >= 0.3 is 0 Å². The number of amides is 1. The summed E-state index contributed by atoms with van der Waals surface area (Å²) in [5.74, 6) is -0.722. The highest BCUT2D eigenvalue weighted by molar-refractivity contribution is 5.95. The minimum atomic E-state index is -0.495. The molecule has 3 aromatic rings. The van der Waals surface area contributed by atoms with Gasteiger partial charge in [0, 0.05) is 34.3 Å². The van der Waals surface area contributed by atoms with Gasteiger partial charge in [0.25, 0.3) is 0 Å². The zero-order valence-corrected chi connectivity index (χ0v) is 11.9. The Balaban J connectivity index is 2.07. The maximum atomic E-state index is 13.8. The van der Waals surface area contributed by atoms with Crippen LogP contribution in [0.2, 0.25) is 0 Å². The molecule has 1 amide bonds. The van der Waals surface area contributed by atoms with E-state index in [0.29, 0.717) is 12.1 Å². The highest BCUT2D eigenvalue weighted by atomic mass is 19.1. The van der Waals surface area contributed by atoms with Crippen LogP contribution in [0, 0.1) is 5.82 Å². The molecule has 0 saturated carbocycles. The van der Waals surface area contributed by atoms with Gasteiger partial charge < -0.3 is 10.3 Å². The van der Waals surface area contributed by atoms with E-state index < -0.39 is 5.91 Å². The number of aromatic nitrogens is 1. The van der Waals surface area contributed by atoms with E-state index in [1.807, 2.05) is 41.1 Å². The molecule has 0 radical (unpaired) electrons. The van der Waals surface area contributed by atoms with Gasteiger partial charge in [0.05, 0.1) is 6.54 Å². The smallest absolute Gasteiger partial charge is 0.241 e. The Bertz CT molecular complexity index is 864. The van der Waals surface area contributed by atoms with Gasteiger partial charge in [0.15, 0.2) is 0 Å². The molecule has 0 aliphatic carbocycles. The normalized spacial score (nSPS) is 11.3. The van der Waals surface area contributed by atoms with Crippen LogP contribution in [0.15, 0.2) is 60.8 Å². The molecule has 2 aromatic carbocycles. The maximum Gasteiger partial charge on any atom is 0.241 e. The quantitative estimate of drug-likeness (QED) is 0.737. The summed E-state index contributed by atoms with van der Waals surface area (Å²) < 4.78 is 15.8. The first kappa shape index (κ1) is 14.1. The number of benzene rings is 2. The third-order valence-corrected chi connectivity index (χ3v) is 3.55. The summed E-state index contributed by atoms with van der Waals surface area (Å²) in [5.41, 5.74) is 7.63. The van der Waals surface area contributed by atoms with Gasteiger partial charge in [-0.1, -0.05) is 36.4 Å². The molecule has 4 heteroatoms. The number of hydrogen-bond donors (Lipinski definition) is 1. The molecule has 0 aliphatic heterocycles. The van der Waals surface area contributed by atoms with Crippen LogP contribution < -0.4 is 5.73 Å². The third-order valence-electron chi connectivity index (χ3n) is 3.55. The Morgan fingerprint density at radius 2 is 1.86 bits per heavy atom. The number of primary amides is 1. The van der Waals surface area contributed by atoms with Crippen molar-refractivity contribution in [2.45, 2.75) is 6.54 Å². The van der Waals surface area contributed by atoms with Crippen molar-refractivity contribution in [2.24, 2.45) is 5.73 Å². The van der Waals surface area contributed by atoms with Crippen LogP contribution in [0.5, 0.6) is 0 Å². The van der Waals surface area contributed by atoms with Crippen LogP contribution in [0.25, 0.3) is 17.0 Å². The van der Waals surface area contributed by atoms with Crippen LogP contribution >= 0.6 is 0 Å². The largest absolute Gasteiger partial charge is 0.366 e. The van der Waals surface area contributed by atoms with Gasteiger partial charge in [-0.2, -0.15) is 0 Å². The second-order valence-corrected chi connectivity index (χ2v) is 5.06. The van der Waals surface area contributed by atoms with E-state index in [9.17, 15) is 9.18 Å². The van der Waals surface area contributed by atoms with Gasteiger partial charge in [0.2, 0.25) is 5.91 Å². The number of rotatable bonds is 4.